The largest absolute Gasteiger partial charge is 0.468 e. The molecule has 1 aliphatic heterocycles. The maximum Gasteiger partial charge on any atom is 0.326 e. The Morgan fingerprint density at radius 1 is 1.22 bits per heavy atom. The van der Waals surface area contributed by atoms with E-state index in [9.17, 15) is 9.59 Å². The molecule has 1 aromatic heterocycles. The topological polar surface area (TPSA) is 68.3 Å². The summed E-state index contributed by atoms with van der Waals surface area (Å²) in [5, 5.41) is 3.53. The minimum Gasteiger partial charge on any atom is -0.468 e. The average Bonchev–Trinajstić information content (AvgIpc) is 3.05. The second kappa shape index (κ2) is 7.24. The fourth-order valence-electron chi connectivity index (χ4n) is 4.89. The van der Waals surface area contributed by atoms with Crippen molar-refractivity contribution in [1.82, 2.24) is 10.3 Å². The number of carbonyl (C=O) groups is 2. The molecule has 5 nitrogen and oxygen atoms in total. The summed E-state index contributed by atoms with van der Waals surface area (Å²) in [4.78, 5) is 30.4. The summed E-state index contributed by atoms with van der Waals surface area (Å²) < 4.78 is 5.25. The first-order valence-corrected chi connectivity index (χ1v) is 9.49. The number of nitrogens with zero attached hydrogens (tertiary/aromatic N) is 1. The van der Waals surface area contributed by atoms with Gasteiger partial charge in [-0.2, -0.15) is 0 Å². The molecule has 0 bridgehead atoms. The number of carbonyl (C=O) groups excluding carboxylic acids is 2. The van der Waals surface area contributed by atoms with Crippen molar-refractivity contribution in [2.75, 3.05) is 7.11 Å². The fourth-order valence-corrected chi connectivity index (χ4v) is 4.89. The summed E-state index contributed by atoms with van der Waals surface area (Å²) >= 11 is 0. The number of fused-ring (bicyclic) bond motifs is 1. The molecule has 1 saturated carbocycles. The van der Waals surface area contributed by atoms with Gasteiger partial charge in [-0.15, -0.1) is 0 Å². The number of hydrogen-bond acceptors (Lipinski definition) is 5. The Morgan fingerprint density at radius 2 is 2.00 bits per heavy atom. The molecule has 0 unspecified atom stereocenters. The summed E-state index contributed by atoms with van der Waals surface area (Å²) in [7, 11) is 1.42. The van der Waals surface area contributed by atoms with Crippen LogP contribution in [-0.4, -0.2) is 29.4 Å². The molecule has 1 aliphatic carbocycles. The Labute approximate surface area is 159 Å². The van der Waals surface area contributed by atoms with Gasteiger partial charge in [-0.1, -0.05) is 36.4 Å². The van der Waals surface area contributed by atoms with Gasteiger partial charge in [-0.05, 0) is 36.5 Å². The predicted octanol–water partition coefficient (Wildman–Crippen LogP) is 2.87. The van der Waals surface area contributed by atoms with Crippen LogP contribution in [0.25, 0.3) is 0 Å². The second-order valence-corrected chi connectivity index (χ2v) is 7.49. The number of benzene rings is 1. The van der Waals surface area contributed by atoms with Gasteiger partial charge in [0.15, 0.2) is 0 Å². The van der Waals surface area contributed by atoms with Gasteiger partial charge in [-0.3, -0.25) is 19.9 Å². The Bertz CT molecular complexity index is 824. The van der Waals surface area contributed by atoms with E-state index in [2.05, 4.69) is 10.3 Å². The lowest BCUT2D eigenvalue weighted by Crippen LogP contribution is -2.55. The number of aromatic nitrogens is 1. The van der Waals surface area contributed by atoms with Gasteiger partial charge >= 0.3 is 5.97 Å². The van der Waals surface area contributed by atoms with Crippen LogP contribution in [0, 0.1) is 11.8 Å². The smallest absolute Gasteiger partial charge is 0.326 e. The highest BCUT2D eigenvalue weighted by atomic mass is 16.5. The third-order valence-electron chi connectivity index (χ3n) is 6.03. The van der Waals surface area contributed by atoms with Crippen molar-refractivity contribution in [2.45, 2.75) is 37.3 Å². The molecule has 0 radical (unpaired) electrons. The van der Waals surface area contributed by atoms with E-state index in [1.807, 2.05) is 48.5 Å². The zero-order valence-corrected chi connectivity index (χ0v) is 15.4. The highest BCUT2D eigenvalue weighted by Gasteiger charge is 2.61. The number of ketones is 1. The third-order valence-corrected chi connectivity index (χ3v) is 6.03. The van der Waals surface area contributed by atoms with Crippen molar-refractivity contribution in [3.05, 3.63) is 66.0 Å². The number of hydrogen-bond donors (Lipinski definition) is 1. The van der Waals surface area contributed by atoms with Crippen molar-refractivity contribution >= 4 is 11.8 Å². The molecule has 2 fully saturated rings. The monoisotopic (exact) mass is 364 g/mol. The maximum absolute atomic E-state index is 13.1. The van der Waals surface area contributed by atoms with E-state index in [1.165, 1.54) is 7.11 Å². The van der Waals surface area contributed by atoms with Crippen LogP contribution in [-0.2, 0) is 20.7 Å². The molecule has 1 saturated heterocycles. The number of esters is 1. The molecule has 1 aromatic carbocycles. The Balaban J connectivity index is 1.80. The van der Waals surface area contributed by atoms with E-state index in [0.717, 1.165) is 24.1 Å². The van der Waals surface area contributed by atoms with Crippen LogP contribution in [0.5, 0.6) is 0 Å². The standard InChI is InChI=1S/C22H24N2O3/c1-27-21(26)22(14-15-8-3-2-4-9-15)16-10-7-12-18(25)19(16)20(24-22)17-11-5-6-13-23-17/h2-6,8-9,11,13,16,19-20,24H,7,10,12,14H2,1H3/t16-,19-,20+,22+/m0/s1. The predicted molar refractivity (Wildman–Crippen MR) is 101 cm³/mol. The SMILES string of the molecule is COC(=O)[C@]1(Cc2ccccc2)N[C@H](c2ccccn2)[C@@H]2C(=O)CCC[C@@H]21. The Morgan fingerprint density at radius 3 is 2.70 bits per heavy atom. The van der Waals surface area contributed by atoms with Crippen LogP contribution in [0.3, 0.4) is 0 Å². The fraction of sp³-hybridized carbons (Fsp3) is 0.409. The number of nitrogens with one attached hydrogen (secondary N) is 1. The van der Waals surface area contributed by atoms with Crippen molar-refractivity contribution < 1.29 is 14.3 Å². The summed E-state index contributed by atoms with van der Waals surface area (Å²) in [6.45, 7) is 0. The van der Waals surface area contributed by atoms with Crippen LogP contribution in [0.15, 0.2) is 54.7 Å². The lowest BCUT2D eigenvalue weighted by molar-refractivity contribution is -0.151. The van der Waals surface area contributed by atoms with Crippen LogP contribution in [0.2, 0.25) is 0 Å². The summed E-state index contributed by atoms with van der Waals surface area (Å²) in [5.41, 5.74) is 0.939. The highest BCUT2D eigenvalue weighted by Crippen LogP contribution is 2.50. The van der Waals surface area contributed by atoms with E-state index in [-0.39, 0.29) is 29.6 Å². The third kappa shape index (κ3) is 3.06. The summed E-state index contributed by atoms with van der Waals surface area (Å²) in [6.07, 6.45) is 4.43. The van der Waals surface area contributed by atoms with Gasteiger partial charge in [0.2, 0.25) is 0 Å². The minimum atomic E-state index is -0.918. The molecule has 1 N–H and O–H groups in total. The van der Waals surface area contributed by atoms with Crippen molar-refractivity contribution in [1.29, 1.82) is 0 Å². The Kier molecular flexibility index (Phi) is 4.79. The molecular weight excluding hydrogens is 340 g/mol. The first-order chi connectivity index (χ1) is 13.2. The molecule has 4 atom stereocenters. The normalized spacial score (nSPS) is 30.0. The van der Waals surface area contributed by atoms with Gasteiger partial charge in [0.25, 0.3) is 0 Å². The molecule has 2 heterocycles. The molecule has 0 amide bonds. The Hall–Kier alpha value is -2.53. The zero-order chi connectivity index (χ0) is 18.9. The summed E-state index contributed by atoms with van der Waals surface area (Å²) in [5.74, 6) is -0.433. The molecular formula is C22H24N2O3. The molecule has 5 heteroatoms. The van der Waals surface area contributed by atoms with Crippen LogP contribution in [0.1, 0.15) is 36.6 Å². The summed E-state index contributed by atoms with van der Waals surface area (Å²) in [6, 6.07) is 15.3. The maximum atomic E-state index is 13.1. The second-order valence-electron chi connectivity index (χ2n) is 7.49. The lowest BCUT2D eigenvalue weighted by atomic mass is 9.68. The molecule has 4 rings (SSSR count). The number of Topliss-reactive ketones (excluding diaryl/α,β-unsaturated/α-hetero) is 1. The highest BCUT2D eigenvalue weighted by molar-refractivity contribution is 5.89. The van der Waals surface area contributed by atoms with Crippen LogP contribution >= 0.6 is 0 Å². The van der Waals surface area contributed by atoms with Gasteiger partial charge in [0.05, 0.1) is 18.8 Å². The van der Waals surface area contributed by atoms with Crippen molar-refractivity contribution in [3.8, 4) is 0 Å². The van der Waals surface area contributed by atoms with Crippen LogP contribution < -0.4 is 5.32 Å². The van der Waals surface area contributed by atoms with Gasteiger partial charge < -0.3 is 4.74 Å². The van der Waals surface area contributed by atoms with Crippen molar-refractivity contribution in [3.63, 3.8) is 0 Å². The number of pyridine rings is 1. The number of methoxy groups -OCH3 is 1. The molecule has 0 spiro atoms. The van der Waals surface area contributed by atoms with E-state index < -0.39 is 5.54 Å². The van der Waals surface area contributed by atoms with Crippen LogP contribution in [0.4, 0.5) is 0 Å². The van der Waals surface area contributed by atoms with E-state index in [1.54, 1.807) is 6.20 Å². The first kappa shape index (κ1) is 17.9. The van der Waals surface area contributed by atoms with Gasteiger partial charge in [0, 0.05) is 25.0 Å². The molecule has 2 aromatic rings. The number of ether oxygens (including phenoxy) is 1. The molecule has 2 aliphatic rings. The lowest BCUT2D eigenvalue weighted by Gasteiger charge is -2.36. The minimum absolute atomic E-state index is 0.0987. The van der Waals surface area contributed by atoms with E-state index >= 15 is 0 Å². The zero-order valence-electron chi connectivity index (χ0n) is 15.4. The number of rotatable bonds is 4. The quantitative estimate of drug-likeness (QED) is 0.845. The van der Waals surface area contributed by atoms with E-state index in [0.29, 0.717) is 12.8 Å². The van der Waals surface area contributed by atoms with Crippen molar-refractivity contribution in [2.24, 2.45) is 11.8 Å². The first-order valence-electron chi connectivity index (χ1n) is 9.49. The van der Waals surface area contributed by atoms with Gasteiger partial charge in [-0.25, -0.2) is 0 Å². The molecule has 140 valence electrons. The van der Waals surface area contributed by atoms with Gasteiger partial charge in [0.1, 0.15) is 11.3 Å². The average molecular weight is 364 g/mol. The molecule has 27 heavy (non-hydrogen) atoms. The van der Waals surface area contributed by atoms with E-state index in [4.69, 9.17) is 4.74 Å².